The summed E-state index contributed by atoms with van der Waals surface area (Å²) in [5.41, 5.74) is 0.367. The van der Waals surface area contributed by atoms with Gasteiger partial charge in [-0.25, -0.2) is 8.42 Å². The number of nitrogens with zero attached hydrogens (tertiary/aromatic N) is 3. The Morgan fingerprint density at radius 1 is 1.23 bits per heavy atom. The van der Waals surface area contributed by atoms with Crippen LogP contribution in [0.15, 0.2) is 52.4 Å². The lowest BCUT2D eigenvalue weighted by Crippen LogP contribution is -2.22. The van der Waals surface area contributed by atoms with Gasteiger partial charge in [0, 0.05) is 24.0 Å². The van der Waals surface area contributed by atoms with Gasteiger partial charge in [-0.2, -0.15) is 4.99 Å². The highest BCUT2D eigenvalue weighted by Gasteiger charge is 2.16. The van der Waals surface area contributed by atoms with E-state index in [0.717, 1.165) is 17.6 Å². The summed E-state index contributed by atoms with van der Waals surface area (Å²) >= 11 is 0.986. The fraction of sp³-hybridized carbons (Fsp3) is 0.167. The quantitative estimate of drug-likeness (QED) is 0.329. The molecule has 10 nitrogen and oxygen atoms in total. The average molecular weight is 449 g/mol. The molecule has 12 heteroatoms. The lowest BCUT2D eigenvalue weighted by molar-refractivity contribution is -0.384. The molecule has 30 heavy (non-hydrogen) atoms. The van der Waals surface area contributed by atoms with Crippen LogP contribution >= 0.6 is 11.3 Å². The van der Waals surface area contributed by atoms with Gasteiger partial charge in [-0.3, -0.25) is 19.7 Å². The molecule has 0 aliphatic carbocycles. The number of hydrogen-bond donors (Lipinski definition) is 0. The predicted octanol–water partition coefficient (Wildman–Crippen LogP) is 1.93. The number of nitro groups is 1. The SMILES string of the molecule is COC(=O)Cn1c(=NC(=O)c2cccc(S(C)(=O)=O)c2)sc2cc([N+](=O)[O-])ccc21. The van der Waals surface area contributed by atoms with Gasteiger partial charge in [-0.05, 0) is 24.3 Å². The predicted molar refractivity (Wildman–Crippen MR) is 108 cm³/mol. The highest BCUT2D eigenvalue weighted by Crippen LogP contribution is 2.23. The molecule has 0 aliphatic rings. The van der Waals surface area contributed by atoms with E-state index in [1.54, 1.807) is 0 Å². The second-order valence-corrected chi connectivity index (χ2v) is 9.20. The molecule has 1 heterocycles. The number of methoxy groups -OCH3 is 1. The molecule has 0 N–H and O–H groups in total. The number of esters is 1. The minimum Gasteiger partial charge on any atom is -0.468 e. The van der Waals surface area contributed by atoms with Crippen molar-refractivity contribution >= 4 is 49.0 Å². The van der Waals surface area contributed by atoms with Crippen LogP contribution in [0.3, 0.4) is 0 Å². The lowest BCUT2D eigenvalue weighted by atomic mass is 10.2. The van der Waals surface area contributed by atoms with E-state index < -0.39 is 26.6 Å². The molecule has 0 fully saturated rings. The third kappa shape index (κ3) is 4.44. The number of benzene rings is 2. The average Bonchev–Trinajstić information content (AvgIpc) is 3.03. The van der Waals surface area contributed by atoms with Crippen LogP contribution in [0.5, 0.6) is 0 Å². The van der Waals surface area contributed by atoms with Crippen molar-refractivity contribution < 1.29 is 27.7 Å². The van der Waals surface area contributed by atoms with Crippen LogP contribution in [0.25, 0.3) is 10.2 Å². The Hall–Kier alpha value is -3.38. The first-order chi connectivity index (χ1) is 14.1. The van der Waals surface area contributed by atoms with Crippen molar-refractivity contribution in [3.05, 3.63) is 62.9 Å². The first-order valence-electron chi connectivity index (χ1n) is 8.34. The Kier molecular flexibility index (Phi) is 5.80. The van der Waals surface area contributed by atoms with E-state index in [1.165, 1.54) is 54.1 Å². The van der Waals surface area contributed by atoms with Gasteiger partial charge in [-0.1, -0.05) is 17.4 Å². The Balaban J connectivity index is 2.16. The lowest BCUT2D eigenvalue weighted by Gasteiger charge is -2.04. The molecule has 3 rings (SSSR count). The fourth-order valence-electron chi connectivity index (χ4n) is 2.62. The zero-order chi connectivity index (χ0) is 22.1. The molecule has 2 aromatic carbocycles. The summed E-state index contributed by atoms with van der Waals surface area (Å²) in [5.74, 6) is -1.32. The van der Waals surface area contributed by atoms with Crippen LogP contribution in [0.2, 0.25) is 0 Å². The van der Waals surface area contributed by atoms with Crippen LogP contribution in [0.4, 0.5) is 5.69 Å². The van der Waals surface area contributed by atoms with E-state index in [1.807, 2.05) is 0 Å². The molecule has 0 saturated heterocycles. The van der Waals surface area contributed by atoms with Crippen molar-refractivity contribution in [2.24, 2.45) is 4.99 Å². The molecule has 0 bridgehead atoms. The molecular weight excluding hydrogens is 434 g/mol. The number of carbonyl (C=O) groups is 2. The molecule has 0 unspecified atom stereocenters. The van der Waals surface area contributed by atoms with Crippen molar-refractivity contribution in [2.75, 3.05) is 13.4 Å². The zero-order valence-electron chi connectivity index (χ0n) is 15.8. The van der Waals surface area contributed by atoms with E-state index in [0.29, 0.717) is 10.2 Å². The smallest absolute Gasteiger partial charge is 0.325 e. The summed E-state index contributed by atoms with van der Waals surface area (Å²) in [5, 5.41) is 11.0. The molecular formula is C18H15N3O7S2. The minimum absolute atomic E-state index is 0.0297. The summed E-state index contributed by atoms with van der Waals surface area (Å²) in [6.07, 6.45) is 1.02. The largest absolute Gasteiger partial charge is 0.468 e. The number of thiazole rings is 1. The summed E-state index contributed by atoms with van der Waals surface area (Å²) in [4.78, 5) is 39.1. The van der Waals surface area contributed by atoms with Gasteiger partial charge in [0.15, 0.2) is 14.6 Å². The van der Waals surface area contributed by atoms with Crippen LogP contribution in [0.1, 0.15) is 10.4 Å². The summed E-state index contributed by atoms with van der Waals surface area (Å²) in [7, 11) is -2.30. The number of rotatable bonds is 5. The number of amides is 1. The molecule has 0 radical (unpaired) electrons. The van der Waals surface area contributed by atoms with Crippen molar-refractivity contribution in [3.8, 4) is 0 Å². The van der Waals surface area contributed by atoms with Crippen molar-refractivity contribution in [3.63, 3.8) is 0 Å². The zero-order valence-corrected chi connectivity index (χ0v) is 17.4. The Bertz CT molecular complexity index is 1350. The molecule has 0 atom stereocenters. The molecule has 0 spiro atoms. The second-order valence-electron chi connectivity index (χ2n) is 6.17. The van der Waals surface area contributed by atoms with E-state index in [9.17, 15) is 28.1 Å². The van der Waals surface area contributed by atoms with Gasteiger partial charge >= 0.3 is 5.97 Å². The fourth-order valence-corrected chi connectivity index (χ4v) is 4.35. The normalized spacial score (nSPS) is 12.1. The number of ether oxygens (including phenoxy) is 1. The number of aromatic nitrogens is 1. The van der Waals surface area contributed by atoms with Gasteiger partial charge in [0.05, 0.1) is 27.1 Å². The van der Waals surface area contributed by atoms with Crippen molar-refractivity contribution in [1.29, 1.82) is 0 Å². The topological polar surface area (TPSA) is 138 Å². The molecule has 156 valence electrons. The van der Waals surface area contributed by atoms with Gasteiger partial charge in [0.2, 0.25) is 0 Å². The van der Waals surface area contributed by atoms with Gasteiger partial charge in [0.25, 0.3) is 11.6 Å². The minimum atomic E-state index is -3.51. The van der Waals surface area contributed by atoms with E-state index >= 15 is 0 Å². The summed E-state index contributed by atoms with van der Waals surface area (Å²) in [6.45, 7) is -0.260. The van der Waals surface area contributed by atoms with Crippen LogP contribution < -0.4 is 4.80 Å². The second kappa shape index (κ2) is 8.16. The highest BCUT2D eigenvalue weighted by atomic mass is 32.2. The van der Waals surface area contributed by atoms with Gasteiger partial charge < -0.3 is 9.30 Å². The maximum absolute atomic E-state index is 12.7. The van der Waals surface area contributed by atoms with E-state index in [4.69, 9.17) is 0 Å². The maximum atomic E-state index is 12.7. The Morgan fingerprint density at radius 3 is 2.60 bits per heavy atom. The van der Waals surface area contributed by atoms with Crippen molar-refractivity contribution in [2.45, 2.75) is 11.4 Å². The third-order valence-electron chi connectivity index (χ3n) is 4.10. The number of nitro benzene ring substituents is 1. The summed E-state index contributed by atoms with van der Waals surface area (Å²) in [6, 6.07) is 9.48. The first-order valence-corrected chi connectivity index (χ1v) is 11.0. The number of hydrogen-bond acceptors (Lipinski definition) is 8. The molecule has 1 amide bonds. The van der Waals surface area contributed by atoms with Crippen LogP contribution in [-0.4, -0.2) is 43.2 Å². The van der Waals surface area contributed by atoms with Crippen molar-refractivity contribution in [1.82, 2.24) is 4.57 Å². The number of fused-ring (bicyclic) bond motifs is 1. The molecule has 0 aliphatic heterocycles. The standard InChI is InChI=1S/C18H15N3O7S2/c1-28-16(22)10-20-14-7-6-12(21(24)25)9-15(14)29-18(20)19-17(23)11-4-3-5-13(8-11)30(2,26)27/h3-9H,10H2,1-2H3. The molecule has 0 saturated carbocycles. The van der Waals surface area contributed by atoms with E-state index in [-0.39, 0.29) is 27.5 Å². The van der Waals surface area contributed by atoms with Crippen LogP contribution in [-0.2, 0) is 25.9 Å². The van der Waals surface area contributed by atoms with Crippen LogP contribution in [0, 0.1) is 10.1 Å². The van der Waals surface area contributed by atoms with Gasteiger partial charge in [-0.15, -0.1) is 0 Å². The summed E-state index contributed by atoms with van der Waals surface area (Å²) < 4.78 is 30.0. The number of non-ortho nitro benzene ring substituents is 1. The monoisotopic (exact) mass is 449 g/mol. The first kappa shape index (κ1) is 21.3. The highest BCUT2D eigenvalue weighted by molar-refractivity contribution is 7.90. The Labute approximate surface area is 174 Å². The third-order valence-corrected chi connectivity index (χ3v) is 6.25. The maximum Gasteiger partial charge on any atom is 0.325 e. The number of carbonyl (C=O) groups excluding carboxylic acids is 2. The molecule has 1 aromatic heterocycles. The Morgan fingerprint density at radius 2 is 1.97 bits per heavy atom. The van der Waals surface area contributed by atoms with E-state index in [2.05, 4.69) is 9.73 Å². The molecule has 3 aromatic rings. The van der Waals surface area contributed by atoms with Gasteiger partial charge in [0.1, 0.15) is 6.54 Å². The number of sulfone groups is 1.